The van der Waals surface area contributed by atoms with E-state index in [0.717, 1.165) is 7.11 Å². The van der Waals surface area contributed by atoms with Crippen LogP contribution in [-0.4, -0.2) is 29.4 Å². The number of hydrogen-bond donors (Lipinski definition) is 2. The summed E-state index contributed by atoms with van der Waals surface area (Å²) in [6.45, 7) is 0. The number of methoxy groups -OCH3 is 1. The van der Waals surface area contributed by atoms with Crippen LogP contribution in [0.15, 0.2) is 22.7 Å². The van der Waals surface area contributed by atoms with E-state index in [2.05, 4.69) is 20.7 Å². The predicted octanol–water partition coefficient (Wildman–Crippen LogP) is 1.67. The number of ether oxygens (including phenoxy) is 1. The fourth-order valence-corrected chi connectivity index (χ4v) is 1.82. The molecule has 0 radical (unpaired) electrons. The number of halogens is 2. The summed E-state index contributed by atoms with van der Waals surface area (Å²) in [6.07, 6.45) is -3.03. The summed E-state index contributed by atoms with van der Waals surface area (Å²) in [5.41, 5.74) is 0.324. The smallest absolute Gasteiger partial charge is 0.337 e. The van der Waals surface area contributed by atoms with Crippen LogP contribution in [0.2, 0.25) is 5.02 Å². The fourth-order valence-electron chi connectivity index (χ4n) is 1.16. The average Bonchev–Trinajstić information content (AvgIpc) is 2.29. The van der Waals surface area contributed by atoms with Crippen LogP contribution in [0.3, 0.4) is 0 Å². The predicted molar refractivity (Wildman–Crippen MR) is 62.1 cm³/mol. The van der Waals surface area contributed by atoms with Crippen LogP contribution in [0.5, 0.6) is 0 Å². The molecule has 0 spiro atoms. The topological polar surface area (TPSA) is 66.8 Å². The molecule has 2 unspecified atom stereocenters. The van der Waals surface area contributed by atoms with E-state index in [1.807, 2.05) is 0 Å². The lowest BCUT2D eigenvalue weighted by Gasteiger charge is -2.17. The third kappa shape index (κ3) is 2.95. The number of carbonyl (C=O) groups is 1. The Bertz CT molecular complexity index is 396. The maximum atomic E-state index is 11.0. The van der Waals surface area contributed by atoms with Crippen molar-refractivity contribution < 1.29 is 19.7 Å². The van der Waals surface area contributed by atoms with Crippen molar-refractivity contribution in [2.75, 3.05) is 7.11 Å². The summed E-state index contributed by atoms with van der Waals surface area (Å²) in [4.78, 5) is 11.0. The van der Waals surface area contributed by atoms with Gasteiger partial charge in [0.15, 0.2) is 6.10 Å². The molecule has 16 heavy (non-hydrogen) atoms. The molecule has 0 aliphatic carbocycles. The Morgan fingerprint density at radius 1 is 1.50 bits per heavy atom. The van der Waals surface area contributed by atoms with Gasteiger partial charge in [0, 0.05) is 9.50 Å². The van der Waals surface area contributed by atoms with Crippen molar-refractivity contribution in [2.24, 2.45) is 0 Å². The van der Waals surface area contributed by atoms with E-state index in [1.54, 1.807) is 12.1 Å². The van der Waals surface area contributed by atoms with Crippen LogP contribution in [0, 0.1) is 0 Å². The van der Waals surface area contributed by atoms with Crippen LogP contribution in [0.4, 0.5) is 0 Å². The second-order valence-corrected chi connectivity index (χ2v) is 4.37. The van der Waals surface area contributed by atoms with Crippen LogP contribution < -0.4 is 0 Å². The summed E-state index contributed by atoms with van der Waals surface area (Å²) >= 11 is 8.94. The number of aliphatic hydroxyl groups excluding tert-OH is 2. The Balaban J connectivity index is 2.99. The summed E-state index contributed by atoms with van der Waals surface area (Å²) in [7, 11) is 1.13. The van der Waals surface area contributed by atoms with E-state index in [-0.39, 0.29) is 0 Å². The second kappa shape index (κ2) is 5.63. The Hall–Kier alpha value is -0.620. The van der Waals surface area contributed by atoms with Crippen molar-refractivity contribution in [3.63, 3.8) is 0 Å². The zero-order valence-corrected chi connectivity index (χ0v) is 10.7. The molecule has 1 rings (SSSR count). The minimum atomic E-state index is -1.64. The van der Waals surface area contributed by atoms with Crippen molar-refractivity contribution in [1.82, 2.24) is 0 Å². The lowest BCUT2D eigenvalue weighted by atomic mass is 10.0. The van der Waals surface area contributed by atoms with Crippen molar-refractivity contribution >= 4 is 33.5 Å². The summed E-state index contributed by atoms with van der Waals surface area (Å²) in [6, 6.07) is 4.69. The molecule has 2 N–H and O–H groups in total. The fraction of sp³-hybridized carbons (Fsp3) is 0.300. The number of aliphatic hydroxyl groups is 2. The van der Waals surface area contributed by atoms with Crippen LogP contribution in [0.25, 0.3) is 0 Å². The van der Waals surface area contributed by atoms with Crippen molar-refractivity contribution in [2.45, 2.75) is 12.2 Å². The summed E-state index contributed by atoms with van der Waals surface area (Å²) in [5, 5.41) is 19.6. The highest BCUT2D eigenvalue weighted by Gasteiger charge is 2.27. The van der Waals surface area contributed by atoms with E-state index < -0.39 is 18.2 Å². The number of hydrogen-bond acceptors (Lipinski definition) is 4. The van der Waals surface area contributed by atoms with Gasteiger partial charge < -0.3 is 14.9 Å². The molecular weight excluding hydrogens is 299 g/mol. The molecule has 0 aliphatic rings. The van der Waals surface area contributed by atoms with Crippen LogP contribution in [0.1, 0.15) is 11.7 Å². The highest BCUT2D eigenvalue weighted by atomic mass is 79.9. The van der Waals surface area contributed by atoms with E-state index >= 15 is 0 Å². The van der Waals surface area contributed by atoms with Gasteiger partial charge in [-0.3, -0.25) is 0 Å². The SMILES string of the molecule is COC(=O)C(O)C(O)c1cc(Cl)ccc1Br. The van der Waals surface area contributed by atoms with Gasteiger partial charge in [0.2, 0.25) is 0 Å². The molecule has 88 valence electrons. The first-order valence-electron chi connectivity index (χ1n) is 4.36. The van der Waals surface area contributed by atoms with E-state index in [4.69, 9.17) is 11.6 Å². The van der Waals surface area contributed by atoms with Crippen molar-refractivity contribution in [3.05, 3.63) is 33.3 Å². The molecule has 0 amide bonds. The molecule has 1 aromatic rings. The van der Waals surface area contributed by atoms with Gasteiger partial charge in [-0.15, -0.1) is 0 Å². The Labute approximate surface area is 106 Å². The Morgan fingerprint density at radius 3 is 2.69 bits per heavy atom. The lowest BCUT2D eigenvalue weighted by Crippen LogP contribution is -2.29. The number of rotatable bonds is 3. The third-order valence-corrected chi connectivity index (χ3v) is 2.98. The molecule has 0 bridgehead atoms. The molecule has 0 saturated heterocycles. The monoisotopic (exact) mass is 308 g/mol. The van der Waals surface area contributed by atoms with Gasteiger partial charge in [-0.25, -0.2) is 4.79 Å². The molecule has 0 aromatic heterocycles. The zero-order valence-electron chi connectivity index (χ0n) is 8.35. The molecular formula is C10H10BrClO4. The minimum absolute atomic E-state index is 0.324. The molecule has 0 aliphatic heterocycles. The first-order valence-corrected chi connectivity index (χ1v) is 5.53. The van der Waals surface area contributed by atoms with E-state index in [9.17, 15) is 15.0 Å². The molecule has 0 fully saturated rings. The maximum absolute atomic E-state index is 11.0. The van der Waals surface area contributed by atoms with E-state index in [0.29, 0.717) is 15.1 Å². The van der Waals surface area contributed by atoms with Gasteiger partial charge in [0.25, 0.3) is 0 Å². The van der Waals surface area contributed by atoms with Gasteiger partial charge in [0.1, 0.15) is 6.10 Å². The third-order valence-electron chi connectivity index (χ3n) is 2.02. The highest BCUT2D eigenvalue weighted by Crippen LogP contribution is 2.28. The minimum Gasteiger partial charge on any atom is -0.467 e. The number of carbonyl (C=O) groups excluding carboxylic acids is 1. The summed E-state index contributed by atoms with van der Waals surface area (Å²) < 4.78 is 4.88. The number of benzene rings is 1. The van der Waals surface area contributed by atoms with Gasteiger partial charge in [0.05, 0.1) is 7.11 Å². The number of esters is 1. The molecule has 0 saturated carbocycles. The Morgan fingerprint density at radius 2 is 2.12 bits per heavy atom. The van der Waals surface area contributed by atoms with Crippen LogP contribution in [-0.2, 0) is 9.53 Å². The maximum Gasteiger partial charge on any atom is 0.337 e. The molecule has 1 aromatic carbocycles. The Kier molecular flexibility index (Phi) is 4.73. The van der Waals surface area contributed by atoms with Gasteiger partial charge in [-0.1, -0.05) is 27.5 Å². The normalized spacial score (nSPS) is 14.3. The lowest BCUT2D eigenvalue weighted by molar-refractivity contribution is -0.156. The second-order valence-electron chi connectivity index (χ2n) is 3.08. The van der Waals surface area contributed by atoms with Gasteiger partial charge in [-0.05, 0) is 23.8 Å². The largest absolute Gasteiger partial charge is 0.467 e. The first-order chi connectivity index (χ1) is 7.47. The quantitative estimate of drug-likeness (QED) is 0.834. The van der Waals surface area contributed by atoms with Crippen molar-refractivity contribution in [1.29, 1.82) is 0 Å². The molecule has 6 heteroatoms. The molecule has 2 atom stereocenters. The molecule has 4 nitrogen and oxygen atoms in total. The zero-order chi connectivity index (χ0) is 12.3. The standard InChI is InChI=1S/C10H10BrClO4/c1-16-10(15)9(14)8(13)6-4-5(12)2-3-7(6)11/h2-4,8-9,13-14H,1H3. The van der Waals surface area contributed by atoms with Crippen LogP contribution >= 0.6 is 27.5 Å². The van der Waals surface area contributed by atoms with E-state index in [1.165, 1.54) is 6.07 Å². The van der Waals surface area contributed by atoms with Gasteiger partial charge >= 0.3 is 5.97 Å². The highest BCUT2D eigenvalue weighted by molar-refractivity contribution is 9.10. The average molecular weight is 310 g/mol. The first kappa shape index (κ1) is 13.4. The van der Waals surface area contributed by atoms with Crippen molar-refractivity contribution in [3.8, 4) is 0 Å². The van der Waals surface area contributed by atoms with Gasteiger partial charge in [-0.2, -0.15) is 0 Å². The summed E-state index contributed by atoms with van der Waals surface area (Å²) in [5.74, 6) is -0.903. The molecule has 0 heterocycles.